The van der Waals surface area contributed by atoms with Crippen LogP contribution in [0.1, 0.15) is 25.3 Å². The molecule has 2 heterocycles. The standard InChI is InChI=1S/C13H15F3N2O/c1-7-8-4-10(18-7)11(5-8)19-12-3-2-9(6-17-12)13(14,15)16/h2-3,6-8,10-11,18H,4-5H2,1H3/t7-,8-,10+,11-/m1/s1. The summed E-state index contributed by atoms with van der Waals surface area (Å²) in [6.45, 7) is 2.15. The normalized spacial score (nSPS) is 33.7. The maximum Gasteiger partial charge on any atom is 0.417 e. The Balaban J connectivity index is 1.65. The number of pyridine rings is 1. The average Bonchev–Trinajstić information content (AvgIpc) is 2.87. The van der Waals surface area contributed by atoms with Crippen molar-refractivity contribution >= 4 is 0 Å². The van der Waals surface area contributed by atoms with Gasteiger partial charge in [-0.2, -0.15) is 13.2 Å². The van der Waals surface area contributed by atoms with E-state index in [9.17, 15) is 13.2 Å². The number of nitrogens with zero attached hydrogens (tertiary/aromatic N) is 1. The number of rotatable bonds is 2. The number of ether oxygens (including phenoxy) is 1. The Labute approximate surface area is 109 Å². The van der Waals surface area contributed by atoms with E-state index in [1.807, 2.05) is 0 Å². The zero-order valence-electron chi connectivity index (χ0n) is 10.4. The van der Waals surface area contributed by atoms with Crippen LogP contribution in [0.3, 0.4) is 0 Å². The second kappa shape index (κ2) is 4.37. The minimum absolute atomic E-state index is 0.0189. The van der Waals surface area contributed by atoms with E-state index in [-0.39, 0.29) is 12.0 Å². The molecule has 1 saturated heterocycles. The van der Waals surface area contributed by atoms with Gasteiger partial charge in [-0.25, -0.2) is 4.98 Å². The molecule has 0 amide bonds. The molecule has 1 saturated carbocycles. The Bertz CT molecular complexity index is 458. The third kappa shape index (κ3) is 2.41. The minimum atomic E-state index is -4.35. The molecule has 4 atom stereocenters. The molecular weight excluding hydrogens is 257 g/mol. The van der Waals surface area contributed by atoms with Gasteiger partial charge in [0, 0.05) is 24.3 Å². The molecule has 6 heteroatoms. The van der Waals surface area contributed by atoms with Crippen LogP contribution >= 0.6 is 0 Å². The maximum atomic E-state index is 12.4. The van der Waals surface area contributed by atoms with Gasteiger partial charge < -0.3 is 10.1 Å². The molecule has 3 rings (SSSR count). The lowest BCUT2D eigenvalue weighted by molar-refractivity contribution is -0.137. The van der Waals surface area contributed by atoms with Crippen LogP contribution in [0.15, 0.2) is 18.3 Å². The highest BCUT2D eigenvalue weighted by Crippen LogP contribution is 2.37. The summed E-state index contributed by atoms with van der Waals surface area (Å²) in [5.74, 6) is 0.865. The number of hydrogen-bond donors (Lipinski definition) is 1. The first-order valence-corrected chi connectivity index (χ1v) is 6.39. The van der Waals surface area contributed by atoms with Crippen LogP contribution in [0.5, 0.6) is 5.88 Å². The monoisotopic (exact) mass is 272 g/mol. The predicted molar refractivity (Wildman–Crippen MR) is 62.8 cm³/mol. The molecular formula is C13H15F3N2O. The zero-order valence-corrected chi connectivity index (χ0v) is 10.4. The van der Waals surface area contributed by atoms with Crippen molar-refractivity contribution in [2.75, 3.05) is 0 Å². The molecule has 0 unspecified atom stereocenters. The Morgan fingerprint density at radius 2 is 2.11 bits per heavy atom. The third-order valence-electron chi connectivity index (χ3n) is 4.06. The molecule has 3 nitrogen and oxygen atoms in total. The molecule has 0 radical (unpaired) electrons. The number of piperidine rings is 1. The van der Waals surface area contributed by atoms with Crippen molar-refractivity contribution in [3.63, 3.8) is 0 Å². The summed E-state index contributed by atoms with van der Waals surface area (Å²) in [6, 6.07) is 3.10. The van der Waals surface area contributed by atoms with E-state index in [1.54, 1.807) is 0 Å². The molecule has 1 N–H and O–H groups in total. The maximum absolute atomic E-state index is 12.4. The fraction of sp³-hybridized carbons (Fsp3) is 0.615. The smallest absolute Gasteiger partial charge is 0.417 e. The van der Waals surface area contributed by atoms with Crippen LogP contribution in [0.2, 0.25) is 0 Å². The second-order valence-electron chi connectivity index (χ2n) is 5.33. The van der Waals surface area contributed by atoms with Crippen LogP contribution in [0.25, 0.3) is 0 Å². The van der Waals surface area contributed by atoms with Crippen molar-refractivity contribution in [1.82, 2.24) is 10.3 Å². The van der Waals surface area contributed by atoms with Gasteiger partial charge in [-0.05, 0) is 31.7 Å². The van der Waals surface area contributed by atoms with Crippen LogP contribution in [0.4, 0.5) is 13.2 Å². The summed E-state index contributed by atoms with van der Waals surface area (Å²) in [4.78, 5) is 3.74. The molecule has 0 spiro atoms. The Hall–Kier alpha value is -1.30. The van der Waals surface area contributed by atoms with Crippen molar-refractivity contribution in [1.29, 1.82) is 0 Å². The highest BCUT2D eigenvalue weighted by molar-refractivity contribution is 5.21. The number of fused-ring (bicyclic) bond motifs is 2. The molecule has 19 heavy (non-hydrogen) atoms. The average molecular weight is 272 g/mol. The number of alkyl halides is 3. The van der Waals surface area contributed by atoms with E-state index in [0.29, 0.717) is 18.0 Å². The van der Waals surface area contributed by atoms with Crippen LogP contribution in [0, 0.1) is 5.92 Å². The summed E-state index contributed by atoms with van der Waals surface area (Å²) in [5, 5.41) is 3.43. The molecule has 2 aliphatic rings. The Morgan fingerprint density at radius 1 is 1.32 bits per heavy atom. The third-order valence-corrected chi connectivity index (χ3v) is 4.06. The summed E-state index contributed by atoms with van der Waals surface area (Å²) in [7, 11) is 0. The first-order valence-electron chi connectivity index (χ1n) is 6.39. The van der Waals surface area contributed by atoms with Gasteiger partial charge in [0.15, 0.2) is 0 Å². The molecule has 1 aliphatic heterocycles. The Kier molecular flexibility index (Phi) is 2.92. The highest BCUT2D eigenvalue weighted by atomic mass is 19.4. The van der Waals surface area contributed by atoms with Gasteiger partial charge in [-0.1, -0.05) is 0 Å². The van der Waals surface area contributed by atoms with Gasteiger partial charge in [0.1, 0.15) is 6.10 Å². The van der Waals surface area contributed by atoms with Crippen molar-refractivity contribution in [3.05, 3.63) is 23.9 Å². The summed E-state index contributed by atoms with van der Waals surface area (Å²) < 4.78 is 42.9. The van der Waals surface area contributed by atoms with Crippen molar-refractivity contribution in [2.24, 2.45) is 5.92 Å². The van der Waals surface area contributed by atoms with Gasteiger partial charge in [0.2, 0.25) is 5.88 Å². The molecule has 1 aromatic heterocycles. The second-order valence-corrected chi connectivity index (χ2v) is 5.33. The lowest BCUT2D eigenvalue weighted by Gasteiger charge is -2.27. The number of hydrogen-bond acceptors (Lipinski definition) is 3. The molecule has 104 valence electrons. The van der Waals surface area contributed by atoms with Gasteiger partial charge in [0.05, 0.1) is 5.56 Å². The number of halogens is 3. The summed E-state index contributed by atoms with van der Waals surface area (Å²) in [6.07, 6.45) is -1.49. The molecule has 1 aromatic rings. The van der Waals surface area contributed by atoms with Crippen LogP contribution < -0.4 is 10.1 Å². The predicted octanol–water partition coefficient (Wildman–Crippen LogP) is 2.62. The van der Waals surface area contributed by atoms with Crippen LogP contribution in [-0.2, 0) is 6.18 Å². The van der Waals surface area contributed by atoms with E-state index in [0.717, 1.165) is 25.1 Å². The fourth-order valence-electron chi connectivity index (χ4n) is 3.00. The molecule has 1 aliphatic carbocycles. The number of nitrogens with one attached hydrogen (secondary N) is 1. The van der Waals surface area contributed by atoms with E-state index < -0.39 is 11.7 Å². The molecule has 0 aromatic carbocycles. The first kappa shape index (κ1) is 12.7. The lowest BCUT2D eigenvalue weighted by atomic mass is 10.0. The minimum Gasteiger partial charge on any atom is -0.473 e. The molecule has 2 bridgehead atoms. The summed E-state index contributed by atoms with van der Waals surface area (Å²) in [5.41, 5.74) is -0.750. The highest BCUT2D eigenvalue weighted by Gasteiger charge is 2.45. The number of aromatic nitrogens is 1. The van der Waals surface area contributed by atoms with Gasteiger partial charge >= 0.3 is 6.18 Å². The zero-order chi connectivity index (χ0) is 13.6. The Morgan fingerprint density at radius 3 is 2.58 bits per heavy atom. The SMILES string of the molecule is C[C@H]1N[C@H]2C[C@@H]1C[C@H]2Oc1ccc(C(F)(F)F)cn1. The van der Waals surface area contributed by atoms with Crippen molar-refractivity contribution in [2.45, 2.75) is 44.1 Å². The lowest BCUT2D eigenvalue weighted by Crippen LogP contribution is -2.44. The van der Waals surface area contributed by atoms with Gasteiger partial charge in [0.25, 0.3) is 0 Å². The quantitative estimate of drug-likeness (QED) is 0.898. The summed E-state index contributed by atoms with van der Waals surface area (Å²) >= 11 is 0. The van der Waals surface area contributed by atoms with E-state index >= 15 is 0 Å². The van der Waals surface area contributed by atoms with Gasteiger partial charge in [-0.15, -0.1) is 0 Å². The van der Waals surface area contributed by atoms with Crippen molar-refractivity contribution in [3.8, 4) is 5.88 Å². The van der Waals surface area contributed by atoms with Crippen molar-refractivity contribution < 1.29 is 17.9 Å². The van der Waals surface area contributed by atoms with E-state index in [4.69, 9.17) is 4.74 Å². The largest absolute Gasteiger partial charge is 0.473 e. The fourth-order valence-corrected chi connectivity index (χ4v) is 3.00. The van der Waals surface area contributed by atoms with Gasteiger partial charge in [-0.3, -0.25) is 0 Å². The topological polar surface area (TPSA) is 34.1 Å². The van der Waals surface area contributed by atoms with E-state index in [2.05, 4.69) is 17.2 Å². The molecule has 2 fully saturated rings. The van der Waals surface area contributed by atoms with E-state index in [1.165, 1.54) is 6.07 Å². The van der Waals surface area contributed by atoms with Crippen LogP contribution in [-0.4, -0.2) is 23.2 Å². The first-order chi connectivity index (χ1) is 8.93.